The van der Waals surface area contributed by atoms with Crippen molar-refractivity contribution in [2.75, 3.05) is 0 Å². The number of aromatic carboxylic acids is 1. The molecular weight excluding hydrogens is 225 g/mol. The van der Waals surface area contributed by atoms with E-state index in [1.54, 1.807) is 12.1 Å². The van der Waals surface area contributed by atoms with Crippen molar-refractivity contribution in [1.29, 1.82) is 0 Å². The number of aromatic nitrogens is 3. The van der Waals surface area contributed by atoms with Crippen LogP contribution in [0.15, 0.2) is 30.5 Å². The van der Waals surface area contributed by atoms with Crippen LogP contribution in [0.25, 0.3) is 0 Å². The number of hydrogen-bond donors (Lipinski definition) is 1. The van der Waals surface area contributed by atoms with Crippen molar-refractivity contribution in [2.45, 2.75) is 13.0 Å². The highest BCUT2D eigenvalue weighted by Gasteiger charge is 2.13. The number of carbonyl (C=O) groups is 1. The molecule has 0 spiro atoms. The molecule has 0 aliphatic carbocycles. The Morgan fingerprint density at radius 1 is 1.41 bits per heavy atom. The summed E-state index contributed by atoms with van der Waals surface area (Å²) in [6, 6.07) is 5.75. The van der Waals surface area contributed by atoms with E-state index < -0.39 is 5.97 Å². The Morgan fingerprint density at radius 3 is 2.59 bits per heavy atom. The molecule has 0 aliphatic rings. The van der Waals surface area contributed by atoms with Gasteiger partial charge in [-0.25, -0.2) is 13.9 Å². The largest absolute Gasteiger partial charge is 0.476 e. The van der Waals surface area contributed by atoms with Crippen LogP contribution in [0.4, 0.5) is 4.39 Å². The topological polar surface area (TPSA) is 68.0 Å². The van der Waals surface area contributed by atoms with Crippen LogP contribution in [-0.2, 0) is 0 Å². The zero-order chi connectivity index (χ0) is 12.4. The van der Waals surface area contributed by atoms with Crippen LogP contribution in [0, 0.1) is 5.82 Å². The van der Waals surface area contributed by atoms with Gasteiger partial charge in [-0.2, -0.15) is 0 Å². The summed E-state index contributed by atoms with van der Waals surface area (Å²) in [5, 5.41) is 16.0. The Kier molecular flexibility index (Phi) is 2.86. The molecule has 88 valence electrons. The summed E-state index contributed by atoms with van der Waals surface area (Å²) in [6.07, 6.45) is 1.34. The molecule has 1 aromatic heterocycles. The van der Waals surface area contributed by atoms with Crippen molar-refractivity contribution in [3.8, 4) is 0 Å². The summed E-state index contributed by atoms with van der Waals surface area (Å²) in [4.78, 5) is 10.7. The van der Waals surface area contributed by atoms with Gasteiger partial charge in [-0.3, -0.25) is 0 Å². The Balaban J connectivity index is 2.27. The molecule has 0 aliphatic heterocycles. The second-order valence-electron chi connectivity index (χ2n) is 3.62. The van der Waals surface area contributed by atoms with Gasteiger partial charge in [-0.1, -0.05) is 17.3 Å². The van der Waals surface area contributed by atoms with Gasteiger partial charge in [0, 0.05) is 0 Å². The molecule has 0 fully saturated rings. The highest BCUT2D eigenvalue weighted by Crippen LogP contribution is 2.17. The van der Waals surface area contributed by atoms with Gasteiger partial charge in [0.15, 0.2) is 5.69 Å². The van der Waals surface area contributed by atoms with Gasteiger partial charge in [0.2, 0.25) is 0 Å². The summed E-state index contributed by atoms with van der Waals surface area (Å²) in [7, 11) is 0. The number of nitrogens with zero attached hydrogens (tertiary/aromatic N) is 3. The maximum absolute atomic E-state index is 12.8. The molecule has 0 amide bonds. The van der Waals surface area contributed by atoms with E-state index in [4.69, 9.17) is 5.11 Å². The summed E-state index contributed by atoms with van der Waals surface area (Å²) >= 11 is 0. The second-order valence-corrected chi connectivity index (χ2v) is 3.62. The number of rotatable bonds is 3. The van der Waals surface area contributed by atoms with Gasteiger partial charge >= 0.3 is 5.97 Å². The van der Waals surface area contributed by atoms with Crippen molar-refractivity contribution < 1.29 is 14.3 Å². The molecule has 0 bridgehead atoms. The number of hydrogen-bond acceptors (Lipinski definition) is 3. The zero-order valence-electron chi connectivity index (χ0n) is 9.04. The van der Waals surface area contributed by atoms with Gasteiger partial charge < -0.3 is 5.11 Å². The fourth-order valence-electron chi connectivity index (χ4n) is 1.46. The lowest BCUT2D eigenvalue weighted by molar-refractivity contribution is 0.0690. The lowest BCUT2D eigenvalue weighted by Crippen LogP contribution is -2.07. The van der Waals surface area contributed by atoms with Gasteiger partial charge in [0.1, 0.15) is 5.82 Å². The number of halogens is 1. The van der Waals surface area contributed by atoms with Gasteiger partial charge in [0.05, 0.1) is 12.2 Å². The number of carboxylic acid groups (broad SMARTS) is 1. The minimum atomic E-state index is -1.12. The van der Waals surface area contributed by atoms with E-state index in [0.717, 1.165) is 5.56 Å². The zero-order valence-corrected chi connectivity index (χ0v) is 9.04. The minimum absolute atomic E-state index is 0.112. The molecule has 0 radical (unpaired) electrons. The van der Waals surface area contributed by atoms with Gasteiger partial charge in [0.25, 0.3) is 0 Å². The van der Waals surface area contributed by atoms with Crippen LogP contribution in [0.3, 0.4) is 0 Å². The SMILES string of the molecule is C[C@@H](c1ccc(F)cc1)n1cc(C(=O)O)nn1. The summed E-state index contributed by atoms with van der Waals surface area (Å²) in [5.41, 5.74) is 0.715. The van der Waals surface area contributed by atoms with E-state index in [0.29, 0.717) is 0 Å². The maximum Gasteiger partial charge on any atom is 0.358 e. The molecule has 1 heterocycles. The van der Waals surface area contributed by atoms with Gasteiger partial charge in [-0.15, -0.1) is 5.10 Å². The molecule has 1 aromatic carbocycles. The van der Waals surface area contributed by atoms with E-state index in [1.807, 2.05) is 6.92 Å². The Bertz CT molecular complexity index is 536. The highest BCUT2D eigenvalue weighted by molar-refractivity contribution is 5.84. The molecule has 1 atom stereocenters. The monoisotopic (exact) mass is 235 g/mol. The Hall–Kier alpha value is -2.24. The molecule has 0 saturated carbocycles. The third-order valence-corrected chi connectivity index (χ3v) is 2.48. The van der Waals surface area contributed by atoms with Crippen molar-refractivity contribution in [1.82, 2.24) is 15.0 Å². The standard InChI is InChI=1S/C11H10FN3O2/c1-7(8-2-4-9(12)5-3-8)15-6-10(11(16)17)13-14-15/h2-7H,1H3,(H,16,17)/t7-/m0/s1. The van der Waals surface area contributed by atoms with Crippen LogP contribution in [-0.4, -0.2) is 26.1 Å². The molecule has 2 aromatic rings. The molecule has 5 nitrogen and oxygen atoms in total. The first-order valence-electron chi connectivity index (χ1n) is 4.98. The number of benzene rings is 1. The van der Waals surface area contributed by atoms with Crippen LogP contribution in [0.1, 0.15) is 29.0 Å². The second kappa shape index (κ2) is 4.32. The molecule has 2 rings (SSSR count). The average Bonchev–Trinajstić information content (AvgIpc) is 2.78. The van der Waals surface area contributed by atoms with E-state index in [-0.39, 0.29) is 17.6 Å². The van der Waals surface area contributed by atoms with Crippen molar-refractivity contribution >= 4 is 5.97 Å². The van der Waals surface area contributed by atoms with Crippen molar-refractivity contribution in [3.05, 3.63) is 47.5 Å². The normalized spacial score (nSPS) is 12.4. The van der Waals surface area contributed by atoms with Crippen molar-refractivity contribution in [3.63, 3.8) is 0 Å². The summed E-state index contributed by atoms with van der Waals surface area (Å²) in [6.45, 7) is 1.83. The molecule has 6 heteroatoms. The fourth-order valence-corrected chi connectivity index (χ4v) is 1.46. The lowest BCUT2D eigenvalue weighted by atomic mass is 10.1. The minimum Gasteiger partial charge on any atom is -0.476 e. The highest BCUT2D eigenvalue weighted by atomic mass is 19.1. The van der Waals surface area contributed by atoms with E-state index >= 15 is 0 Å². The first kappa shape index (κ1) is 11.3. The first-order chi connectivity index (χ1) is 8.08. The van der Waals surface area contributed by atoms with Crippen molar-refractivity contribution in [2.24, 2.45) is 0 Å². The van der Waals surface area contributed by atoms with E-state index in [9.17, 15) is 9.18 Å². The van der Waals surface area contributed by atoms with Crippen LogP contribution in [0.5, 0.6) is 0 Å². The fraction of sp³-hybridized carbons (Fsp3) is 0.182. The third-order valence-electron chi connectivity index (χ3n) is 2.48. The quantitative estimate of drug-likeness (QED) is 0.879. The Labute approximate surface area is 96.5 Å². The predicted molar refractivity (Wildman–Crippen MR) is 57.2 cm³/mol. The third kappa shape index (κ3) is 2.30. The first-order valence-corrected chi connectivity index (χ1v) is 4.98. The lowest BCUT2D eigenvalue weighted by Gasteiger charge is -2.11. The molecule has 17 heavy (non-hydrogen) atoms. The smallest absolute Gasteiger partial charge is 0.358 e. The molecule has 1 N–H and O–H groups in total. The molecular formula is C11H10FN3O2. The molecule has 0 saturated heterocycles. The molecule has 0 unspecified atom stereocenters. The van der Waals surface area contributed by atoms with Gasteiger partial charge in [-0.05, 0) is 24.6 Å². The average molecular weight is 235 g/mol. The number of carboxylic acids is 1. The van der Waals surface area contributed by atoms with Crippen LogP contribution < -0.4 is 0 Å². The van der Waals surface area contributed by atoms with Crippen LogP contribution in [0.2, 0.25) is 0 Å². The Morgan fingerprint density at radius 2 is 2.06 bits per heavy atom. The summed E-state index contributed by atoms with van der Waals surface area (Å²) in [5.74, 6) is -1.44. The van der Waals surface area contributed by atoms with E-state index in [1.165, 1.54) is 23.0 Å². The van der Waals surface area contributed by atoms with Crippen LogP contribution >= 0.6 is 0 Å². The maximum atomic E-state index is 12.8. The summed E-state index contributed by atoms with van der Waals surface area (Å²) < 4.78 is 14.2. The predicted octanol–water partition coefficient (Wildman–Crippen LogP) is 1.72. The van der Waals surface area contributed by atoms with E-state index in [2.05, 4.69) is 10.3 Å².